The summed E-state index contributed by atoms with van der Waals surface area (Å²) < 4.78 is 0. The van der Waals surface area contributed by atoms with Gasteiger partial charge in [0.1, 0.15) is 5.52 Å². The van der Waals surface area contributed by atoms with Crippen molar-refractivity contribution >= 4 is 16.7 Å². The molecule has 120 valence electrons. The number of nitrogens with one attached hydrogen (secondary N) is 3. The largest absolute Gasteiger partial charge is 0.364 e. The van der Waals surface area contributed by atoms with E-state index >= 15 is 0 Å². The lowest BCUT2D eigenvalue weighted by atomic mass is 9.99. The van der Waals surface area contributed by atoms with Crippen molar-refractivity contribution in [2.75, 3.05) is 19.4 Å². The molecule has 0 unspecified atom stereocenters. The first kappa shape index (κ1) is 15.3. The molecule has 0 spiro atoms. The summed E-state index contributed by atoms with van der Waals surface area (Å²) >= 11 is 0. The molecular formula is C17H21N5O. The highest BCUT2D eigenvalue weighted by atomic mass is 16.1. The van der Waals surface area contributed by atoms with Crippen LogP contribution in [0, 0.1) is 0 Å². The van der Waals surface area contributed by atoms with Crippen LogP contribution in [0.25, 0.3) is 10.9 Å². The molecule has 0 fully saturated rings. The number of H-pyrrole nitrogens is 2. The lowest BCUT2D eigenvalue weighted by molar-refractivity contribution is 0.275. The van der Waals surface area contributed by atoms with E-state index in [1.807, 2.05) is 24.3 Å². The summed E-state index contributed by atoms with van der Waals surface area (Å²) in [4.78, 5) is 16.9. The maximum Gasteiger partial charge on any atom is 0.288 e. The van der Waals surface area contributed by atoms with Crippen LogP contribution < -0.4 is 10.9 Å². The fraction of sp³-hybridized carbons (Fsp3) is 0.294. The minimum absolute atomic E-state index is 0.101. The molecule has 1 aromatic carbocycles. The highest BCUT2D eigenvalue weighted by Crippen LogP contribution is 2.25. The van der Waals surface area contributed by atoms with E-state index in [1.54, 1.807) is 6.20 Å². The third-order valence-corrected chi connectivity index (χ3v) is 4.03. The van der Waals surface area contributed by atoms with Gasteiger partial charge < -0.3 is 15.2 Å². The van der Waals surface area contributed by atoms with E-state index in [-0.39, 0.29) is 17.6 Å². The highest BCUT2D eigenvalue weighted by molar-refractivity contribution is 5.88. The molecule has 3 aromatic rings. The molecule has 0 bridgehead atoms. The van der Waals surface area contributed by atoms with Crippen LogP contribution in [-0.4, -0.2) is 40.2 Å². The Hall–Kier alpha value is -2.60. The molecule has 2 heterocycles. The van der Waals surface area contributed by atoms with Crippen LogP contribution in [0.15, 0.2) is 47.4 Å². The topological polar surface area (TPSA) is 76.8 Å². The predicted molar refractivity (Wildman–Crippen MR) is 92.7 cm³/mol. The molecule has 0 saturated heterocycles. The molecule has 0 aliphatic heterocycles. The molecule has 6 nitrogen and oxygen atoms in total. The second-order valence-corrected chi connectivity index (χ2v) is 5.92. The van der Waals surface area contributed by atoms with Gasteiger partial charge in [-0.05, 0) is 32.6 Å². The number of hydrogen-bond acceptors (Lipinski definition) is 4. The Labute approximate surface area is 134 Å². The summed E-state index contributed by atoms with van der Waals surface area (Å²) in [5, 5.41) is 10.9. The first-order chi connectivity index (χ1) is 11.1. The van der Waals surface area contributed by atoms with Crippen molar-refractivity contribution in [3.8, 4) is 0 Å². The van der Waals surface area contributed by atoms with Crippen LogP contribution in [0.4, 0.5) is 5.82 Å². The van der Waals surface area contributed by atoms with E-state index in [2.05, 4.69) is 58.5 Å². The lowest BCUT2D eigenvalue weighted by Crippen LogP contribution is -2.35. The second kappa shape index (κ2) is 6.26. The van der Waals surface area contributed by atoms with E-state index in [0.717, 1.165) is 5.39 Å². The second-order valence-electron chi connectivity index (χ2n) is 5.92. The van der Waals surface area contributed by atoms with Gasteiger partial charge in [-0.15, -0.1) is 0 Å². The number of fused-ring (bicyclic) bond motifs is 1. The van der Waals surface area contributed by atoms with Gasteiger partial charge in [-0.2, -0.15) is 5.10 Å². The van der Waals surface area contributed by atoms with Gasteiger partial charge in [-0.1, -0.05) is 30.3 Å². The van der Waals surface area contributed by atoms with Crippen molar-refractivity contribution < 1.29 is 0 Å². The monoisotopic (exact) mass is 311 g/mol. The normalized spacial score (nSPS) is 14.1. The number of hydrogen-bond donors (Lipinski definition) is 3. The van der Waals surface area contributed by atoms with Crippen molar-refractivity contribution in [1.82, 2.24) is 20.1 Å². The van der Waals surface area contributed by atoms with E-state index in [1.165, 1.54) is 5.56 Å². The number of aromatic nitrogens is 3. The number of anilines is 1. The minimum atomic E-state index is -0.213. The van der Waals surface area contributed by atoms with E-state index < -0.39 is 0 Å². The molecule has 0 radical (unpaired) electrons. The molecule has 6 heteroatoms. The summed E-state index contributed by atoms with van der Waals surface area (Å²) in [6, 6.07) is 12.5. The van der Waals surface area contributed by atoms with Crippen molar-refractivity contribution in [2.45, 2.75) is 19.0 Å². The number of rotatable bonds is 5. The van der Waals surface area contributed by atoms with Crippen LogP contribution in [0.1, 0.15) is 18.5 Å². The van der Waals surface area contributed by atoms with Gasteiger partial charge in [0.2, 0.25) is 0 Å². The Morgan fingerprint density at radius 1 is 1.17 bits per heavy atom. The maximum atomic E-state index is 11.8. The number of benzene rings is 1. The molecule has 2 atom stereocenters. The molecule has 3 rings (SSSR count). The Kier molecular flexibility index (Phi) is 4.16. The molecule has 0 amide bonds. The Balaban J connectivity index is 1.92. The van der Waals surface area contributed by atoms with Gasteiger partial charge in [0, 0.05) is 17.6 Å². The average molecular weight is 311 g/mol. The Morgan fingerprint density at radius 3 is 2.61 bits per heavy atom. The Morgan fingerprint density at radius 2 is 1.91 bits per heavy atom. The quantitative estimate of drug-likeness (QED) is 0.676. The molecule has 23 heavy (non-hydrogen) atoms. The summed E-state index contributed by atoms with van der Waals surface area (Å²) in [7, 11) is 4.12. The van der Waals surface area contributed by atoms with Crippen molar-refractivity contribution in [1.29, 1.82) is 0 Å². The van der Waals surface area contributed by atoms with E-state index in [4.69, 9.17) is 0 Å². The van der Waals surface area contributed by atoms with Crippen LogP contribution >= 0.6 is 0 Å². The zero-order chi connectivity index (χ0) is 16.4. The SMILES string of the molecule is C[C@H](Nc1n[nH]c(=O)c2[nH]ccc12)[C@H](c1ccccc1)N(C)C. The van der Waals surface area contributed by atoms with Gasteiger partial charge in [0.15, 0.2) is 5.82 Å². The highest BCUT2D eigenvalue weighted by Gasteiger charge is 2.22. The van der Waals surface area contributed by atoms with Crippen LogP contribution in [0.2, 0.25) is 0 Å². The van der Waals surface area contributed by atoms with Crippen molar-refractivity contribution in [3.05, 3.63) is 58.5 Å². The third kappa shape index (κ3) is 2.98. The van der Waals surface area contributed by atoms with Gasteiger partial charge in [0.25, 0.3) is 5.56 Å². The number of nitrogens with zero attached hydrogens (tertiary/aromatic N) is 2. The van der Waals surface area contributed by atoms with Gasteiger partial charge in [0.05, 0.1) is 6.04 Å². The van der Waals surface area contributed by atoms with Crippen molar-refractivity contribution in [2.24, 2.45) is 0 Å². The summed E-state index contributed by atoms with van der Waals surface area (Å²) in [5.41, 5.74) is 1.55. The number of aromatic amines is 2. The first-order valence-electron chi connectivity index (χ1n) is 7.61. The lowest BCUT2D eigenvalue weighted by Gasteiger charge is -2.31. The zero-order valence-corrected chi connectivity index (χ0v) is 13.5. The van der Waals surface area contributed by atoms with Crippen LogP contribution in [0.3, 0.4) is 0 Å². The number of likely N-dealkylation sites (N-methyl/N-ethyl adjacent to an activating group) is 1. The fourth-order valence-corrected chi connectivity index (χ4v) is 3.07. The van der Waals surface area contributed by atoms with Crippen molar-refractivity contribution in [3.63, 3.8) is 0 Å². The molecular weight excluding hydrogens is 290 g/mol. The minimum Gasteiger partial charge on any atom is -0.364 e. The standard InChI is InChI=1S/C17H21N5O/c1-11(15(22(2)3)12-7-5-4-6-8-12)19-16-13-9-10-18-14(13)17(23)21-20-16/h4-11,15,18H,1-3H3,(H,19,20)(H,21,23)/t11-,15+/m0/s1. The molecule has 0 aliphatic carbocycles. The van der Waals surface area contributed by atoms with Crippen LogP contribution in [-0.2, 0) is 0 Å². The molecule has 3 N–H and O–H groups in total. The first-order valence-corrected chi connectivity index (χ1v) is 7.61. The van der Waals surface area contributed by atoms with Gasteiger partial charge >= 0.3 is 0 Å². The summed E-state index contributed by atoms with van der Waals surface area (Å²) in [6.07, 6.45) is 1.75. The van der Waals surface area contributed by atoms with E-state index in [0.29, 0.717) is 11.3 Å². The zero-order valence-electron chi connectivity index (χ0n) is 13.5. The Bertz CT molecular complexity index is 837. The predicted octanol–water partition coefficient (Wildman–Crippen LogP) is 2.35. The molecule has 0 aliphatic rings. The third-order valence-electron chi connectivity index (χ3n) is 4.03. The fourth-order valence-electron chi connectivity index (χ4n) is 3.07. The van der Waals surface area contributed by atoms with E-state index in [9.17, 15) is 4.79 Å². The summed E-state index contributed by atoms with van der Waals surface area (Å²) in [5.74, 6) is 0.677. The summed E-state index contributed by atoms with van der Waals surface area (Å²) in [6.45, 7) is 2.11. The van der Waals surface area contributed by atoms with Gasteiger partial charge in [-0.25, -0.2) is 5.10 Å². The van der Waals surface area contributed by atoms with Crippen LogP contribution in [0.5, 0.6) is 0 Å². The smallest absolute Gasteiger partial charge is 0.288 e. The van der Waals surface area contributed by atoms with Gasteiger partial charge in [-0.3, -0.25) is 4.79 Å². The molecule has 2 aromatic heterocycles. The average Bonchev–Trinajstić information content (AvgIpc) is 3.02. The molecule has 0 saturated carbocycles. The maximum absolute atomic E-state index is 11.8.